The number of anilines is 4. The van der Waals surface area contributed by atoms with E-state index in [0.717, 1.165) is 34.9 Å². The monoisotopic (exact) mass is 513 g/mol. The minimum Gasteiger partial charge on any atom is -0.464 e. The molecule has 3 heterocycles. The molecule has 0 amide bonds. The van der Waals surface area contributed by atoms with Gasteiger partial charge in [-0.05, 0) is 68.8 Å². The van der Waals surface area contributed by atoms with Crippen LogP contribution in [0.3, 0.4) is 0 Å². The molecule has 1 aliphatic rings. The first-order valence-corrected chi connectivity index (χ1v) is 13.0. The molecule has 9 heteroatoms. The topological polar surface area (TPSA) is 114 Å². The number of esters is 1. The third-order valence-corrected chi connectivity index (χ3v) is 7.21. The average molecular weight is 514 g/mol. The molecule has 0 unspecified atom stereocenters. The number of carbonyl (C=O) groups is 1. The van der Waals surface area contributed by atoms with Crippen LogP contribution >= 0.6 is 0 Å². The zero-order chi connectivity index (χ0) is 26.8. The van der Waals surface area contributed by atoms with Crippen molar-refractivity contribution in [2.45, 2.75) is 58.2 Å². The summed E-state index contributed by atoms with van der Waals surface area (Å²) >= 11 is 0. The molecule has 1 fully saturated rings. The van der Waals surface area contributed by atoms with E-state index in [1.165, 1.54) is 0 Å². The fraction of sp³-hybridized carbons (Fsp3) is 0.345. The fourth-order valence-electron chi connectivity index (χ4n) is 5.21. The van der Waals surface area contributed by atoms with Crippen molar-refractivity contribution >= 4 is 39.6 Å². The third-order valence-electron chi connectivity index (χ3n) is 7.21. The van der Waals surface area contributed by atoms with E-state index in [1.807, 2.05) is 55.1 Å². The van der Waals surface area contributed by atoms with E-state index in [1.54, 1.807) is 25.5 Å². The highest BCUT2D eigenvalue weighted by Gasteiger charge is 2.37. The summed E-state index contributed by atoms with van der Waals surface area (Å²) in [4.78, 5) is 48.6. The molecule has 38 heavy (non-hydrogen) atoms. The van der Waals surface area contributed by atoms with Crippen LogP contribution in [0.4, 0.5) is 22.9 Å². The molecule has 2 N–H and O–H groups in total. The Morgan fingerprint density at radius 3 is 2.47 bits per heavy atom. The standard InChI is InChI=1S/C29H31N5O4/c1-4-38-29(37)23(33-24-25(27(36)26(24)35)34-17(2)5-6-18(34)3)15-19-7-9-21(10-8-19)32-28-22-16-30-13-11-20(22)12-14-31-28/h7-14,16-18,23,33H,4-6,15H2,1-3H3,(H,31,32)/t17-,18-,23+/m1/s1. The van der Waals surface area contributed by atoms with Crippen molar-refractivity contribution in [2.24, 2.45) is 0 Å². The van der Waals surface area contributed by atoms with Crippen molar-refractivity contribution in [3.8, 4) is 0 Å². The van der Waals surface area contributed by atoms with Gasteiger partial charge in [-0.1, -0.05) is 12.1 Å². The van der Waals surface area contributed by atoms with Crippen LogP contribution in [0.5, 0.6) is 0 Å². The van der Waals surface area contributed by atoms with E-state index >= 15 is 0 Å². The lowest BCUT2D eigenvalue weighted by Crippen LogP contribution is -2.48. The SMILES string of the molecule is CCOC(=O)[C@H](Cc1ccc(Nc2nccc3ccncc23)cc1)Nc1c(N2[C@H](C)CC[C@H]2C)c(=O)c1=O. The van der Waals surface area contributed by atoms with E-state index in [4.69, 9.17) is 4.74 Å². The molecule has 0 radical (unpaired) electrons. The van der Waals surface area contributed by atoms with Gasteiger partial charge in [-0.3, -0.25) is 14.6 Å². The lowest BCUT2D eigenvalue weighted by molar-refractivity contribution is -0.144. The number of fused-ring (bicyclic) bond motifs is 1. The minimum atomic E-state index is -0.810. The van der Waals surface area contributed by atoms with Gasteiger partial charge in [-0.2, -0.15) is 0 Å². The molecule has 4 aromatic rings. The van der Waals surface area contributed by atoms with Crippen LogP contribution in [0, 0.1) is 0 Å². The van der Waals surface area contributed by atoms with Gasteiger partial charge in [0.2, 0.25) is 0 Å². The molecule has 1 saturated heterocycles. The molecule has 5 rings (SSSR count). The summed E-state index contributed by atoms with van der Waals surface area (Å²) in [6.45, 7) is 6.05. The first-order chi connectivity index (χ1) is 18.4. The maximum absolute atomic E-state index is 12.9. The van der Waals surface area contributed by atoms with E-state index in [0.29, 0.717) is 17.9 Å². The van der Waals surface area contributed by atoms with Gasteiger partial charge in [-0.15, -0.1) is 0 Å². The molecule has 3 atom stereocenters. The van der Waals surface area contributed by atoms with Gasteiger partial charge in [0.05, 0.1) is 6.61 Å². The summed E-state index contributed by atoms with van der Waals surface area (Å²) < 4.78 is 5.29. The van der Waals surface area contributed by atoms with Crippen molar-refractivity contribution in [1.29, 1.82) is 0 Å². The van der Waals surface area contributed by atoms with Gasteiger partial charge in [0.15, 0.2) is 0 Å². The average Bonchev–Trinajstić information content (AvgIpc) is 3.25. The first kappa shape index (κ1) is 25.4. The van der Waals surface area contributed by atoms with Gasteiger partial charge in [0.25, 0.3) is 10.9 Å². The number of aromatic nitrogens is 2. The van der Waals surface area contributed by atoms with Crippen molar-refractivity contribution in [2.75, 3.05) is 22.1 Å². The highest BCUT2D eigenvalue weighted by atomic mass is 16.5. The molecule has 0 bridgehead atoms. The Balaban J connectivity index is 1.35. The number of hydrogen-bond donors (Lipinski definition) is 2. The van der Waals surface area contributed by atoms with Crippen LogP contribution in [0.1, 0.15) is 39.2 Å². The van der Waals surface area contributed by atoms with E-state index in [9.17, 15) is 14.4 Å². The Morgan fingerprint density at radius 2 is 1.76 bits per heavy atom. The highest BCUT2D eigenvalue weighted by Crippen LogP contribution is 2.33. The van der Waals surface area contributed by atoms with Crippen LogP contribution in [-0.4, -0.2) is 40.7 Å². The van der Waals surface area contributed by atoms with Crippen molar-refractivity contribution in [1.82, 2.24) is 9.97 Å². The minimum absolute atomic E-state index is 0.155. The number of ether oxygens (including phenoxy) is 1. The lowest BCUT2D eigenvalue weighted by Gasteiger charge is -2.32. The Bertz CT molecular complexity index is 1510. The summed E-state index contributed by atoms with van der Waals surface area (Å²) in [5.41, 5.74) is 1.22. The van der Waals surface area contributed by atoms with Crippen molar-refractivity contribution in [3.05, 3.63) is 81.0 Å². The maximum Gasteiger partial charge on any atom is 0.328 e. The molecular weight excluding hydrogens is 482 g/mol. The van der Waals surface area contributed by atoms with Crippen LogP contribution in [-0.2, 0) is 16.0 Å². The molecule has 0 saturated carbocycles. The summed E-state index contributed by atoms with van der Waals surface area (Å²) in [5.74, 6) is 0.232. The highest BCUT2D eigenvalue weighted by molar-refractivity contribution is 5.92. The molecule has 196 valence electrons. The summed E-state index contributed by atoms with van der Waals surface area (Å²) in [7, 11) is 0. The molecule has 9 nitrogen and oxygen atoms in total. The van der Waals surface area contributed by atoms with Crippen LogP contribution in [0.15, 0.2) is 64.6 Å². The van der Waals surface area contributed by atoms with E-state index in [2.05, 4.69) is 20.6 Å². The van der Waals surface area contributed by atoms with Crippen LogP contribution in [0.2, 0.25) is 0 Å². The summed E-state index contributed by atoms with van der Waals surface area (Å²) in [6.07, 6.45) is 7.45. The maximum atomic E-state index is 12.9. The predicted molar refractivity (Wildman–Crippen MR) is 149 cm³/mol. The van der Waals surface area contributed by atoms with Crippen LogP contribution in [0.25, 0.3) is 10.8 Å². The van der Waals surface area contributed by atoms with Gasteiger partial charge >= 0.3 is 5.97 Å². The van der Waals surface area contributed by atoms with Gasteiger partial charge in [0.1, 0.15) is 23.2 Å². The van der Waals surface area contributed by atoms with E-state index in [-0.39, 0.29) is 24.4 Å². The number of nitrogens with zero attached hydrogens (tertiary/aromatic N) is 3. The largest absolute Gasteiger partial charge is 0.464 e. The third kappa shape index (κ3) is 4.83. The van der Waals surface area contributed by atoms with Crippen molar-refractivity contribution < 1.29 is 9.53 Å². The molecule has 1 aliphatic heterocycles. The zero-order valence-electron chi connectivity index (χ0n) is 21.7. The molecule has 2 aromatic carbocycles. The van der Waals surface area contributed by atoms with Crippen molar-refractivity contribution in [3.63, 3.8) is 0 Å². The van der Waals surface area contributed by atoms with Gasteiger partial charge in [0, 0.05) is 48.2 Å². The Morgan fingerprint density at radius 1 is 1.05 bits per heavy atom. The molecule has 0 spiro atoms. The predicted octanol–water partition coefficient (Wildman–Crippen LogP) is 3.93. The second kappa shape index (κ2) is 10.6. The van der Waals surface area contributed by atoms with Gasteiger partial charge in [-0.25, -0.2) is 9.78 Å². The number of hydrogen-bond acceptors (Lipinski definition) is 9. The Kier molecular flexibility index (Phi) is 7.09. The second-order valence-corrected chi connectivity index (χ2v) is 9.80. The zero-order valence-corrected chi connectivity index (χ0v) is 21.7. The lowest BCUT2D eigenvalue weighted by atomic mass is 10.0. The molecular formula is C29H31N5O4. The summed E-state index contributed by atoms with van der Waals surface area (Å²) in [6, 6.07) is 11.0. The number of pyridine rings is 2. The normalized spacial score (nSPS) is 18.0. The Labute approximate surface area is 220 Å². The second-order valence-electron chi connectivity index (χ2n) is 9.80. The molecule has 0 aliphatic carbocycles. The van der Waals surface area contributed by atoms with Gasteiger partial charge < -0.3 is 20.3 Å². The fourth-order valence-corrected chi connectivity index (χ4v) is 5.21. The number of rotatable bonds is 9. The van der Waals surface area contributed by atoms with E-state index < -0.39 is 22.9 Å². The number of benzene rings is 1. The smallest absolute Gasteiger partial charge is 0.328 e. The Hall–Kier alpha value is -4.27. The van der Waals surface area contributed by atoms with Crippen LogP contribution < -0.4 is 26.4 Å². The number of carbonyl (C=O) groups excluding carboxylic acids is 1. The quantitative estimate of drug-likeness (QED) is 0.254. The first-order valence-electron chi connectivity index (χ1n) is 13.0. The summed E-state index contributed by atoms with van der Waals surface area (Å²) in [5, 5.41) is 8.34. The number of nitrogens with one attached hydrogen (secondary N) is 2. The molecule has 2 aromatic heterocycles.